The summed E-state index contributed by atoms with van der Waals surface area (Å²) in [4.78, 5) is 34.8. The Balaban J connectivity index is 1.75. The van der Waals surface area contributed by atoms with Crippen molar-refractivity contribution in [2.75, 3.05) is 32.1 Å². The minimum atomic E-state index is -0.0661. The first-order valence-corrected chi connectivity index (χ1v) is 12.0. The van der Waals surface area contributed by atoms with Crippen molar-refractivity contribution in [3.05, 3.63) is 51.1 Å². The highest BCUT2D eigenvalue weighted by atomic mass is 32.2. The molecule has 0 N–H and O–H groups in total. The van der Waals surface area contributed by atoms with Crippen molar-refractivity contribution in [3.63, 3.8) is 0 Å². The van der Waals surface area contributed by atoms with Gasteiger partial charge in [-0.25, -0.2) is 4.98 Å². The van der Waals surface area contributed by atoms with E-state index in [4.69, 9.17) is 9.72 Å². The highest BCUT2D eigenvalue weighted by Crippen LogP contribution is 2.31. The highest BCUT2D eigenvalue weighted by molar-refractivity contribution is 7.99. The molecular weight excluding hydrogens is 418 g/mol. The fourth-order valence-corrected chi connectivity index (χ4v) is 5.84. The Hall–Kier alpha value is -2.16. The second-order valence-corrected chi connectivity index (χ2v) is 9.26. The van der Waals surface area contributed by atoms with Crippen LogP contribution in [0.4, 0.5) is 0 Å². The molecular formula is C22H25N3O3S2. The molecule has 1 amide bonds. The van der Waals surface area contributed by atoms with Crippen LogP contribution in [0, 0.1) is 6.92 Å². The van der Waals surface area contributed by atoms with Crippen molar-refractivity contribution in [3.8, 4) is 5.69 Å². The van der Waals surface area contributed by atoms with Gasteiger partial charge in [-0.05, 0) is 31.0 Å². The summed E-state index contributed by atoms with van der Waals surface area (Å²) in [6.07, 6.45) is 1.96. The molecule has 6 nitrogen and oxygen atoms in total. The van der Waals surface area contributed by atoms with Crippen molar-refractivity contribution >= 4 is 39.2 Å². The van der Waals surface area contributed by atoms with Gasteiger partial charge >= 0.3 is 0 Å². The minimum absolute atomic E-state index is 0.0475. The zero-order valence-corrected chi connectivity index (χ0v) is 18.9. The van der Waals surface area contributed by atoms with Gasteiger partial charge in [0, 0.05) is 18.0 Å². The summed E-state index contributed by atoms with van der Waals surface area (Å²) in [5, 5.41) is 1.25. The fourth-order valence-electron chi connectivity index (χ4n) is 3.61. The van der Waals surface area contributed by atoms with Gasteiger partial charge in [-0.1, -0.05) is 43.3 Å². The highest BCUT2D eigenvalue weighted by Gasteiger charge is 2.21. The van der Waals surface area contributed by atoms with Gasteiger partial charge in [-0.15, -0.1) is 11.3 Å². The van der Waals surface area contributed by atoms with E-state index >= 15 is 0 Å². The first kappa shape index (κ1) is 21.1. The van der Waals surface area contributed by atoms with E-state index in [1.54, 1.807) is 15.9 Å². The maximum Gasteiger partial charge on any atom is 0.267 e. The van der Waals surface area contributed by atoms with Crippen LogP contribution in [0.25, 0.3) is 15.9 Å². The summed E-state index contributed by atoms with van der Waals surface area (Å²) in [5.74, 6) is 0.294. The molecule has 4 rings (SSSR count). The van der Waals surface area contributed by atoms with Crippen molar-refractivity contribution < 1.29 is 9.53 Å². The molecule has 30 heavy (non-hydrogen) atoms. The first-order valence-electron chi connectivity index (χ1n) is 10.2. The zero-order chi connectivity index (χ0) is 21.1. The lowest BCUT2D eigenvalue weighted by Gasteiger charge is -2.26. The van der Waals surface area contributed by atoms with Crippen LogP contribution in [0.1, 0.15) is 23.8 Å². The number of carbonyl (C=O) groups excluding carboxylic acids is 1. The Bertz CT molecular complexity index is 1100. The quantitative estimate of drug-likeness (QED) is 0.430. The van der Waals surface area contributed by atoms with Crippen LogP contribution in [0.3, 0.4) is 0 Å². The largest absolute Gasteiger partial charge is 0.378 e. The predicted molar refractivity (Wildman–Crippen MR) is 122 cm³/mol. The lowest BCUT2D eigenvalue weighted by Crippen LogP contribution is -2.41. The van der Waals surface area contributed by atoms with Crippen LogP contribution in [0.5, 0.6) is 0 Å². The second-order valence-electron chi connectivity index (χ2n) is 7.23. The molecule has 158 valence electrons. The molecule has 1 aliphatic heterocycles. The number of fused-ring (bicyclic) bond motifs is 1. The molecule has 8 heteroatoms. The average Bonchev–Trinajstić information content (AvgIpc) is 3.09. The van der Waals surface area contributed by atoms with Crippen molar-refractivity contribution in [1.82, 2.24) is 14.5 Å². The molecule has 0 unspecified atom stereocenters. The molecule has 0 radical (unpaired) electrons. The Morgan fingerprint density at radius 3 is 2.67 bits per heavy atom. The second kappa shape index (κ2) is 9.32. The smallest absolute Gasteiger partial charge is 0.267 e. The first-order chi connectivity index (χ1) is 14.6. The van der Waals surface area contributed by atoms with Crippen LogP contribution < -0.4 is 5.56 Å². The van der Waals surface area contributed by atoms with E-state index in [-0.39, 0.29) is 17.2 Å². The summed E-state index contributed by atoms with van der Waals surface area (Å²) in [6, 6.07) is 9.53. The summed E-state index contributed by atoms with van der Waals surface area (Å²) in [6.45, 7) is 6.52. The van der Waals surface area contributed by atoms with E-state index in [2.05, 4.69) is 6.92 Å². The van der Waals surface area contributed by atoms with E-state index < -0.39 is 0 Å². The SMILES string of the molecule is CCCc1sc2nc(SCC(=O)N3CCOCC3)n(-c3ccccc3)c(=O)c2c1C. The van der Waals surface area contributed by atoms with Crippen molar-refractivity contribution in [1.29, 1.82) is 0 Å². The van der Waals surface area contributed by atoms with Crippen LogP contribution in [0.2, 0.25) is 0 Å². The van der Waals surface area contributed by atoms with Crippen molar-refractivity contribution in [2.45, 2.75) is 31.8 Å². The number of thiophene rings is 1. The molecule has 0 bridgehead atoms. The fraction of sp³-hybridized carbons (Fsp3) is 0.409. The summed E-state index contributed by atoms with van der Waals surface area (Å²) >= 11 is 2.92. The number of rotatable bonds is 6. The van der Waals surface area contributed by atoms with E-state index in [1.165, 1.54) is 16.6 Å². The number of carbonyl (C=O) groups is 1. The number of para-hydroxylation sites is 1. The molecule has 0 aliphatic carbocycles. The molecule has 0 atom stereocenters. The Morgan fingerprint density at radius 1 is 1.23 bits per heavy atom. The van der Waals surface area contributed by atoms with Gasteiger partial charge in [-0.2, -0.15) is 0 Å². The van der Waals surface area contributed by atoms with E-state index in [0.29, 0.717) is 36.8 Å². The maximum absolute atomic E-state index is 13.5. The molecule has 1 aliphatic rings. The molecule has 1 saturated heterocycles. The lowest BCUT2D eigenvalue weighted by atomic mass is 10.1. The zero-order valence-electron chi connectivity index (χ0n) is 17.2. The summed E-state index contributed by atoms with van der Waals surface area (Å²) in [7, 11) is 0. The Morgan fingerprint density at radius 2 is 1.97 bits per heavy atom. The molecule has 3 heterocycles. The van der Waals surface area contributed by atoms with Gasteiger partial charge in [0.15, 0.2) is 5.16 Å². The Kier molecular flexibility index (Phi) is 6.55. The molecule has 2 aromatic heterocycles. The van der Waals surface area contributed by atoms with Crippen molar-refractivity contribution in [2.24, 2.45) is 0 Å². The number of thioether (sulfide) groups is 1. The number of nitrogens with zero attached hydrogens (tertiary/aromatic N) is 3. The van der Waals surface area contributed by atoms with E-state index in [1.807, 2.05) is 42.2 Å². The van der Waals surface area contributed by atoms with Gasteiger partial charge < -0.3 is 9.64 Å². The normalized spacial score (nSPS) is 14.4. The summed E-state index contributed by atoms with van der Waals surface area (Å²) in [5.41, 5.74) is 1.73. The third-order valence-electron chi connectivity index (χ3n) is 5.21. The molecule has 0 spiro atoms. The number of amides is 1. The maximum atomic E-state index is 13.5. The minimum Gasteiger partial charge on any atom is -0.378 e. The predicted octanol–water partition coefficient (Wildman–Crippen LogP) is 3.66. The Labute approximate surface area is 183 Å². The third kappa shape index (κ3) is 4.17. The third-order valence-corrected chi connectivity index (χ3v) is 7.38. The number of aromatic nitrogens is 2. The molecule has 3 aromatic rings. The van der Waals surface area contributed by atoms with Gasteiger partial charge in [-0.3, -0.25) is 14.2 Å². The van der Waals surface area contributed by atoms with Gasteiger partial charge in [0.2, 0.25) is 5.91 Å². The number of morpholine rings is 1. The van der Waals surface area contributed by atoms with Gasteiger partial charge in [0.05, 0.1) is 30.0 Å². The number of hydrogen-bond donors (Lipinski definition) is 0. The van der Waals surface area contributed by atoms with Crippen LogP contribution in [-0.2, 0) is 16.0 Å². The molecule has 1 aromatic carbocycles. The van der Waals surface area contributed by atoms with Crippen LogP contribution in [0.15, 0.2) is 40.3 Å². The molecule has 1 fully saturated rings. The van der Waals surface area contributed by atoms with Crippen LogP contribution in [-0.4, -0.2) is 52.4 Å². The number of ether oxygens (including phenoxy) is 1. The number of aryl methyl sites for hydroxylation is 2. The monoisotopic (exact) mass is 443 g/mol. The lowest BCUT2D eigenvalue weighted by molar-refractivity contribution is -0.132. The van der Waals surface area contributed by atoms with Gasteiger partial charge in [0.25, 0.3) is 5.56 Å². The average molecular weight is 444 g/mol. The van der Waals surface area contributed by atoms with Gasteiger partial charge in [0.1, 0.15) is 4.83 Å². The van der Waals surface area contributed by atoms with E-state index in [0.717, 1.165) is 28.9 Å². The number of hydrogen-bond acceptors (Lipinski definition) is 6. The molecule has 0 saturated carbocycles. The topological polar surface area (TPSA) is 64.4 Å². The number of benzene rings is 1. The summed E-state index contributed by atoms with van der Waals surface area (Å²) < 4.78 is 6.98. The standard InChI is InChI=1S/C22H25N3O3S2/c1-3-7-17-15(2)19-20(30-17)23-22(25(21(19)27)16-8-5-4-6-9-16)29-14-18(26)24-10-12-28-13-11-24/h4-6,8-9H,3,7,10-14H2,1-2H3. The van der Waals surface area contributed by atoms with E-state index in [9.17, 15) is 9.59 Å². The van der Waals surface area contributed by atoms with Crippen LogP contribution >= 0.6 is 23.1 Å².